The molecule has 0 aliphatic heterocycles. The molecule has 0 aliphatic rings. The van der Waals surface area contributed by atoms with Crippen LogP contribution < -0.4 is 116 Å². The molecular weight excluding hydrogens is 339 g/mol. The number of rotatable bonds is 2. The molecule has 0 unspecified atom stereocenters. The van der Waals surface area contributed by atoms with Crippen molar-refractivity contribution in [1.82, 2.24) is 0 Å². The summed E-state index contributed by atoms with van der Waals surface area (Å²) in [6, 6.07) is 0. The fourth-order valence-corrected chi connectivity index (χ4v) is 0. The second-order valence-electron chi connectivity index (χ2n) is 1.71. The zero-order valence-corrected chi connectivity index (χ0v) is 22.9. The van der Waals surface area contributed by atoms with Gasteiger partial charge in [-0.05, 0) is 0 Å². The van der Waals surface area contributed by atoms with Crippen molar-refractivity contribution in [3.8, 4) is 0 Å². The summed E-state index contributed by atoms with van der Waals surface area (Å²) < 4.78 is 0. The van der Waals surface area contributed by atoms with Gasteiger partial charge in [-0.3, -0.25) is 0 Å². The minimum absolute atomic E-state index is 0. The topological polar surface area (TPSA) is 0 Å². The van der Waals surface area contributed by atoms with E-state index in [1.165, 1.54) is 12.8 Å². The van der Waals surface area contributed by atoms with E-state index >= 15 is 0 Å². The average Bonchev–Trinajstić information content (AvgIpc) is 2.36. The summed E-state index contributed by atoms with van der Waals surface area (Å²) in [4.78, 5) is 0. The van der Waals surface area contributed by atoms with Gasteiger partial charge in [0.1, 0.15) is 0 Å². The first-order valence-electron chi connectivity index (χ1n) is 5.41. The first-order valence-corrected chi connectivity index (χ1v) is 5.41. The summed E-state index contributed by atoms with van der Waals surface area (Å²) in [5.41, 5.74) is 0. The first kappa shape index (κ1) is 42.7. The van der Waals surface area contributed by atoms with E-state index in [1.54, 1.807) is 0 Å². The zero-order valence-electron chi connectivity index (χ0n) is 13.1. The number of unbranched alkanes of at least 4 members (excludes halogenated alkanes) is 2. The Balaban J connectivity index is -0.0000000129. The molecule has 0 fully saturated rings. The monoisotopic (exact) mass is 370 g/mol. The third-order valence-corrected chi connectivity index (χ3v) is 0.707. The van der Waals surface area contributed by atoms with E-state index in [2.05, 4.69) is 54.0 Å². The largest absolute Gasteiger partial charge is 1.00 e. The van der Waals surface area contributed by atoms with E-state index in [0.29, 0.717) is 0 Å². The molecule has 0 aliphatic carbocycles. The van der Waals surface area contributed by atoms with E-state index in [4.69, 9.17) is 0 Å². The molecule has 0 aromatic carbocycles. The van der Waals surface area contributed by atoms with Gasteiger partial charge >= 0.3 is 116 Å². The fourth-order valence-electron chi connectivity index (χ4n) is 0. The molecule has 0 rings (SSSR count). The van der Waals surface area contributed by atoms with Crippen molar-refractivity contribution >= 4 is 0 Å². The predicted molar refractivity (Wildman–Crippen MR) is 74.4 cm³/mol. The van der Waals surface area contributed by atoms with Crippen molar-refractivity contribution in [1.29, 1.82) is 0 Å². The normalized spacial score (nSPS) is 4.62. The minimum Gasteiger partial charge on any atom is -0.343 e. The third-order valence-electron chi connectivity index (χ3n) is 0.707. The van der Waals surface area contributed by atoms with Gasteiger partial charge in [0.2, 0.25) is 0 Å². The van der Waals surface area contributed by atoms with Gasteiger partial charge in [0, 0.05) is 0 Å². The van der Waals surface area contributed by atoms with Gasteiger partial charge < -0.3 is 13.8 Å². The molecule has 90 valence electrons. The van der Waals surface area contributed by atoms with Gasteiger partial charge in [-0.15, -0.1) is 26.3 Å². The van der Waals surface area contributed by atoms with Crippen LogP contribution in [-0.2, 0) is 0 Å². The second kappa shape index (κ2) is 105. The van der Waals surface area contributed by atoms with Crippen LogP contribution in [0.4, 0.5) is 0 Å². The van der Waals surface area contributed by atoms with Crippen LogP contribution >= 0.6 is 0 Å². The van der Waals surface area contributed by atoms with Gasteiger partial charge in [-0.2, -0.15) is 12.8 Å². The molecule has 0 spiro atoms. The molecule has 16 heavy (non-hydrogen) atoms. The smallest absolute Gasteiger partial charge is 0.343 e. The van der Waals surface area contributed by atoms with Gasteiger partial charge in [0.25, 0.3) is 0 Å². The summed E-state index contributed by atoms with van der Waals surface area (Å²) in [6.07, 6.45) is 4.56. The quantitative estimate of drug-likeness (QED) is 0.469. The van der Waals surface area contributed by atoms with E-state index in [0.717, 1.165) is 12.8 Å². The van der Waals surface area contributed by atoms with Crippen molar-refractivity contribution in [2.24, 2.45) is 0 Å². The summed E-state index contributed by atoms with van der Waals surface area (Å²) >= 11 is 0. The van der Waals surface area contributed by atoms with Crippen LogP contribution in [0.3, 0.4) is 0 Å². The van der Waals surface area contributed by atoms with Crippen LogP contribution in [-0.4, -0.2) is 0 Å². The molecule has 0 atom stereocenters. The Morgan fingerprint density at radius 1 is 0.688 bits per heavy atom. The molecule has 0 N–H and O–H groups in total. The summed E-state index contributed by atoms with van der Waals surface area (Å²) in [5, 5.41) is 0. The molecular formula is C14H32Rb2. The Hall–Kier alpha value is 3.09. The predicted octanol–water partition coefficient (Wildman–Crippen LogP) is -0.120. The summed E-state index contributed by atoms with van der Waals surface area (Å²) in [6.45, 7) is 27.4. The fraction of sp³-hybridized carbons (Fsp3) is 0.571. The van der Waals surface area contributed by atoms with E-state index < -0.39 is 0 Å². The van der Waals surface area contributed by atoms with E-state index in [9.17, 15) is 0 Å². The molecule has 0 nitrogen and oxygen atoms in total. The van der Waals surface area contributed by atoms with Gasteiger partial charge in [-0.25, -0.2) is 0 Å². The van der Waals surface area contributed by atoms with Crippen LogP contribution in [0, 0.1) is 13.8 Å². The van der Waals surface area contributed by atoms with E-state index in [1.807, 2.05) is 13.8 Å². The Morgan fingerprint density at radius 2 is 0.750 bits per heavy atom. The molecule has 0 saturated heterocycles. The van der Waals surface area contributed by atoms with Gasteiger partial charge in [-0.1, -0.05) is 40.5 Å². The van der Waals surface area contributed by atoms with Crippen LogP contribution in [0.5, 0.6) is 0 Å². The molecule has 0 radical (unpaired) electrons. The minimum atomic E-state index is 0. The van der Waals surface area contributed by atoms with Crippen molar-refractivity contribution in [2.75, 3.05) is 0 Å². The van der Waals surface area contributed by atoms with Crippen molar-refractivity contribution in [2.45, 2.75) is 53.4 Å². The second-order valence-corrected chi connectivity index (χ2v) is 1.71. The van der Waals surface area contributed by atoms with Gasteiger partial charge in [0.05, 0.1) is 0 Å². The maximum Gasteiger partial charge on any atom is 1.00 e. The van der Waals surface area contributed by atoms with Crippen LogP contribution in [0.15, 0.2) is 26.3 Å². The molecule has 0 aromatic rings. The summed E-state index contributed by atoms with van der Waals surface area (Å²) in [7, 11) is 0. The molecule has 0 heterocycles. The van der Waals surface area contributed by atoms with Crippen molar-refractivity contribution in [3.05, 3.63) is 40.2 Å². The maximum absolute atomic E-state index is 3.60. The van der Waals surface area contributed by atoms with Crippen LogP contribution in [0.1, 0.15) is 53.4 Å². The van der Waals surface area contributed by atoms with Crippen LogP contribution in [0.2, 0.25) is 0 Å². The molecule has 0 aromatic heterocycles. The standard InChI is InChI=1S/2C4H9.C2H6.2C2H4.2Rb/c2*1-3-4-2;3*1-2;;/h2*1,3-4H2,2H3;1-2H3;2*1-2H2;;/q2*-1;;;;2*+1. The van der Waals surface area contributed by atoms with Crippen LogP contribution in [0.25, 0.3) is 0 Å². The van der Waals surface area contributed by atoms with Gasteiger partial charge in [0.15, 0.2) is 0 Å². The third kappa shape index (κ3) is 171. The Morgan fingerprint density at radius 3 is 0.750 bits per heavy atom. The average molecular weight is 371 g/mol. The Bertz CT molecular complexity index is 29.7. The first-order chi connectivity index (χ1) is 6.83. The van der Waals surface area contributed by atoms with E-state index in [-0.39, 0.29) is 116 Å². The molecule has 0 amide bonds. The molecule has 2 heteroatoms. The maximum atomic E-state index is 3.60. The molecule has 0 bridgehead atoms. The Labute approximate surface area is 205 Å². The zero-order chi connectivity index (χ0) is 12.8. The summed E-state index contributed by atoms with van der Waals surface area (Å²) in [5.74, 6) is 0. The molecule has 0 saturated carbocycles. The Kier molecular flexibility index (Phi) is 281. The SMILES string of the molecule is C=C.C=C.CC.[CH2-]CCC.[CH2-]CCC.[Rb+].[Rb+]. The number of hydrogen-bond donors (Lipinski definition) is 0. The number of hydrogen-bond acceptors (Lipinski definition) is 0. The van der Waals surface area contributed by atoms with Crippen molar-refractivity contribution < 1.29 is 116 Å². The van der Waals surface area contributed by atoms with Crippen molar-refractivity contribution in [3.63, 3.8) is 0 Å².